The van der Waals surface area contributed by atoms with Gasteiger partial charge >= 0.3 is 11.8 Å². The highest BCUT2D eigenvalue weighted by atomic mass is 35.5. The highest BCUT2D eigenvalue weighted by Crippen LogP contribution is 2.32. The number of rotatable bonds is 8. The molecule has 0 fully saturated rings. The fourth-order valence-electron chi connectivity index (χ4n) is 3.01. The zero-order valence-electron chi connectivity index (χ0n) is 18.2. The van der Waals surface area contributed by atoms with Crippen LogP contribution in [0.25, 0.3) is 11.3 Å². The van der Waals surface area contributed by atoms with Crippen molar-refractivity contribution in [1.82, 2.24) is 10.3 Å². The first-order chi connectivity index (χ1) is 14.9. The summed E-state index contributed by atoms with van der Waals surface area (Å²) in [7, 11) is 1.51. The van der Waals surface area contributed by atoms with E-state index in [1.807, 2.05) is 44.2 Å². The number of benzene rings is 2. The molecule has 3 aromatic rings. The molecule has 170 valence electrons. The number of halogens is 1. The van der Waals surface area contributed by atoms with Crippen molar-refractivity contribution >= 4 is 35.6 Å². The van der Waals surface area contributed by atoms with Crippen molar-refractivity contribution in [3.63, 3.8) is 0 Å². The number of hydrogen-bond donors (Lipinski definition) is 3. The van der Waals surface area contributed by atoms with Crippen molar-refractivity contribution in [1.29, 1.82) is 0 Å². The van der Waals surface area contributed by atoms with Gasteiger partial charge in [0, 0.05) is 29.5 Å². The van der Waals surface area contributed by atoms with Crippen LogP contribution >= 0.6 is 12.4 Å². The average molecular weight is 459 g/mol. The summed E-state index contributed by atoms with van der Waals surface area (Å²) < 4.78 is 10.7. The smallest absolute Gasteiger partial charge is 0.313 e. The number of carbonyl (C=O) groups excluding carboxylic acids is 2. The molecule has 0 aliphatic rings. The first-order valence-electron chi connectivity index (χ1n) is 9.87. The summed E-state index contributed by atoms with van der Waals surface area (Å²) >= 11 is 0. The number of aromatic nitrogens is 1. The number of ether oxygens (including phenoxy) is 1. The molecule has 1 heterocycles. The van der Waals surface area contributed by atoms with Crippen molar-refractivity contribution in [2.24, 2.45) is 0 Å². The van der Waals surface area contributed by atoms with Crippen molar-refractivity contribution in [3.05, 3.63) is 61.1 Å². The predicted octanol–water partition coefficient (Wildman–Crippen LogP) is 4.11. The maximum absolute atomic E-state index is 12.4. The van der Waals surface area contributed by atoms with E-state index in [4.69, 9.17) is 9.15 Å². The molecule has 0 unspecified atom stereocenters. The normalized spacial score (nSPS) is 10.6. The summed E-state index contributed by atoms with van der Waals surface area (Å²) in [5.74, 6) is -0.429. The Bertz CT molecular complexity index is 1020. The summed E-state index contributed by atoms with van der Waals surface area (Å²) in [6, 6.07) is 14.8. The Kier molecular flexibility index (Phi) is 8.66. The fraction of sp³-hybridized carbons (Fsp3) is 0.261. The maximum Gasteiger partial charge on any atom is 0.313 e. The number of amides is 2. The second-order valence-corrected chi connectivity index (χ2v) is 7.62. The number of methoxy groups -OCH3 is 1. The van der Waals surface area contributed by atoms with Crippen LogP contribution in [-0.4, -0.2) is 36.0 Å². The van der Waals surface area contributed by atoms with Gasteiger partial charge in [0.2, 0.25) is 0 Å². The Morgan fingerprint density at radius 3 is 2.47 bits per heavy atom. The SMILES string of the molecule is COc1cc(NC(=O)C(=O)NC(C)(C)CCNc2ccccc2)ccc1-c1cnco1.Cl. The van der Waals surface area contributed by atoms with Crippen LogP contribution in [0.4, 0.5) is 11.4 Å². The van der Waals surface area contributed by atoms with Crippen LogP contribution in [0.2, 0.25) is 0 Å². The molecule has 0 aliphatic heterocycles. The maximum atomic E-state index is 12.4. The van der Waals surface area contributed by atoms with E-state index in [2.05, 4.69) is 20.9 Å². The van der Waals surface area contributed by atoms with Gasteiger partial charge in [0.25, 0.3) is 0 Å². The van der Waals surface area contributed by atoms with Gasteiger partial charge in [0.05, 0.1) is 18.9 Å². The van der Waals surface area contributed by atoms with E-state index in [0.29, 0.717) is 35.7 Å². The molecule has 32 heavy (non-hydrogen) atoms. The fourth-order valence-corrected chi connectivity index (χ4v) is 3.01. The van der Waals surface area contributed by atoms with Crippen LogP contribution in [0.15, 0.2) is 65.5 Å². The average Bonchev–Trinajstić information content (AvgIpc) is 3.28. The van der Waals surface area contributed by atoms with Crippen LogP contribution in [0, 0.1) is 0 Å². The molecule has 0 saturated carbocycles. The topological polar surface area (TPSA) is 105 Å². The van der Waals surface area contributed by atoms with Gasteiger partial charge in [-0.3, -0.25) is 9.59 Å². The summed E-state index contributed by atoms with van der Waals surface area (Å²) in [6.07, 6.45) is 3.53. The lowest BCUT2D eigenvalue weighted by atomic mass is 10.0. The highest BCUT2D eigenvalue weighted by Gasteiger charge is 2.24. The largest absolute Gasteiger partial charge is 0.496 e. The molecule has 0 atom stereocenters. The molecule has 0 spiro atoms. The molecule has 2 aromatic carbocycles. The molecule has 3 N–H and O–H groups in total. The Balaban J connectivity index is 0.00000363. The standard InChI is InChI=1S/C23H26N4O4.ClH/c1-23(2,11-12-25-16-7-5-4-6-8-16)27-22(29)21(28)26-17-9-10-18(19(13-17)30-3)20-14-24-15-31-20;/h4-10,13-15,25H,11-12H2,1-3H3,(H,26,28)(H,27,29);1H. The van der Waals surface area contributed by atoms with Crippen molar-refractivity contribution < 1.29 is 18.7 Å². The molecule has 0 saturated heterocycles. The van der Waals surface area contributed by atoms with Crippen LogP contribution in [-0.2, 0) is 9.59 Å². The minimum absolute atomic E-state index is 0. The number of hydrogen-bond acceptors (Lipinski definition) is 6. The van der Waals surface area contributed by atoms with E-state index in [1.54, 1.807) is 24.4 Å². The summed E-state index contributed by atoms with van der Waals surface area (Å²) in [6.45, 7) is 4.40. The minimum atomic E-state index is -0.751. The second-order valence-electron chi connectivity index (χ2n) is 7.62. The summed E-state index contributed by atoms with van der Waals surface area (Å²) in [5.41, 5.74) is 1.56. The lowest BCUT2D eigenvalue weighted by Crippen LogP contribution is -2.48. The Hall–Kier alpha value is -3.52. The number of para-hydroxylation sites is 1. The van der Waals surface area contributed by atoms with E-state index in [9.17, 15) is 9.59 Å². The number of anilines is 2. The monoisotopic (exact) mass is 458 g/mol. The van der Waals surface area contributed by atoms with E-state index in [0.717, 1.165) is 5.69 Å². The van der Waals surface area contributed by atoms with Crippen LogP contribution < -0.4 is 20.7 Å². The lowest BCUT2D eigenvalue weighted by molar-refractivity contribution is -0.137. The van der Waals surface area contributed by atoms with E-state index >= 15 is 0 Å². The quantitative estimate of drug-likeness (QED) is 0.439. The van der Waals surface area contributed by atoms with Crippen molar-refractivity contribution in [2.45, 2.75) is 25.8 Å². The Morgan fingerprint density at radius 1 is 1.06 bits per heavy atom. The summed E-state index contributed by atoms with van der Waals surface area (Å²) in [5, 5.41) is 8.67. The molecular formula is C23H27ClN4O4. The van der Waals surface area contributed by atoms with Gasteiger partial charge in [-0.25, -0.2) is 4.98 Å². The van der Waals surface area contributed by atoms with Gasteiger partial charge < -0.3 is 25.1 Å². The lowest BCUT2D eigenvalue weighted by Gasteiger charge is -2.26. The first-order valence-corrected chi connectivity index (χ1v) is 9.87. The zero-order valence-corrected chi connectivity index (χ0v) is 19.0. The number of oxazole rings is 1. The minimum Gasteiger partial charge on any atom is -0.496 e. The van der Waals surface area contributed by atoms with Crippen molar-refractivity contribution in [2.75, 3.05) is 24.3 Å². The molecule has 3 rings (SSSR count). The molecule has 8 nitrogen and oxygen atoms in total. The number of carbonyl (C=O) groups is 2. The molecule has 0 aliphatic carbocycles. The predicted molar refractivity (Wildman–Crippen MR) is 126 cm³/mol. The third-order valence-electron chi connectivity index (χ3n) is 4.67. The summed E-state index contributed by atoms with van der Waals surface area (Å²) in [4.78, 5) is 28.7. The van der Waals surface area contributed by atoms with Crippen LogP contribution in [0.1, 0.15) is 20.3 Å². The Morgan fingerprint density at radius 2 is 1.81 bits per heavy atom. The first kappa shape index (κ1) is 24.7. The molecule has 1 aromatic heterocycles. The third kappa shape index (κ3) is 6.75. The molecule has 0 radical (unpaired) electrons. The van der Waals surface area contributed by atoms with Gasteiger partial charge in [0.15, 0.2) is 12.2 Å². The van der Waals surface area contributed by atoms with Crippen molar-refractivity contribution in [3.8, 4) is 17.1 Å². The van der Waals surface area contributed by atoms with Gasteiger partial charge in [-0.05, 0) is 44.5 Å². The highest BCUT2D eigenvalue weighted by molar-refractivity contribution is 6.39. The van der Waals surface area contributed by atoms with Gasteiger partial charge in [0.1, 0.15) is 5.75 Å². The molecular weight excluding hydrogens is 432 g/mol. The number of nitrogens with one attached hydrogen (secondary N) is 3. The molecule has 2 amide bonds. The van der Waals surface area contributed by atoms with Gasteiger partial charge in [-0.1, -0.05) is 18.2 Å². The van der Waals surface area contributed by atoms with E-state index in [1.165, 1.54) is 13.5 Å². The van der Waals surface area contributed by atoms with E-state index < -0.39 is 17.4 Å². The Labute approximate surface area is 193 Å². The molecule has 9 heteroatoms. The van der Waals surface area contributed by atoms with Gasteiger partial charge in [-0.15, -0.1) is 12.4 Å². The van der Waals surface area contributed by atoms with Crippen LogP contribution in [0.3, 0.4) is 0 Å². The van der Waals surface area contributed by atoms with E-state index in [-0.39, 0.29) is 12.4 Å². The zero-order chi connectivity index (χ0) is 22.3. The second kappa shape index (κ2) is 11.2. The van der Waals surface area contributed by atoms with Gasteiger partial charge in [-0.2, -0.15) is 0 Å². The number of nitrogens with zero attached hydrogens (tertiary/aromatic N) is 1. The van der Waals surface area contributed by atoms with Crippen LogP contribution in [0.5, 0.6) is 5.75 Å². The molecule has 0 bridgehead atoms. The third-order valence-corrected chi connectivity index (χ3v) is 4.67.